The summed E-state index contributed by atoms with van der Waals surface area (Å²) in [5.74, 6) is -0.501. The SMILES string of the molecule is NC(=O)Cc1ccc(CC(F)(F)F)cc1. The Balaban J connectivity index is 2.68. The average Bonchev–Trinajstić information content (AvgIpc) is 2.05. The minimum atomic E-state index is -4.20. The fraction of sp³-hybridized carbons (Fsp3) is 0.300. The zero-order chi connectivity index (χ0) is 11.5. The maximum atomic E-state index is 12.0. The van der Waals surface area contributed by atoms with Gasteiger partial charge in [-0.1, -0.05) is 24.3 Å². The van der Waals surface area contributed by atoms with E-state index >= 15 is 0 Å². The highest BCUT2D eigenvalue weighted by Crippen LogP contribution is 2.21. The lowest BCUT2D eigenvalue weighted by atomic mass is 10.1. The normalized spacial score (nSPS) is 11.4. The molecule has 0 heterocycles. The van der Waals surface area contributed by atoms with Gasteiger partial charge in [-0.3, -0.25) is 4.79 Å². The molecular formula is C10H10F3NO. The van der Waals surface area contributed by atoms with Crippen molar-refractivity contribution >= 4 is 5.91 Å². The molecule has 0 atom stereocenters. The predicted octanol–water partition coefficient (Wildman–Crippen LogP) is 1.82. The third kappa shape index (κ3) is 4.49. The summed E-state index contributed by atoms with van der Waals surface area (Å²) in [6.45, 7) is 0. The molecule has 0 unspecified atom stereocenters. The molecule has 0 spiro atoms. The highest BCUT2D eigenvalue weighted by atomic mass is 19.4. The van der Waals surface area contributed by atoms with Crippen LogP contribution in [0.5, 0.6) is 0 Å². The van der Waals surface area contributed by atoms with Gasteiger partial charge in [0, 0.05) is 0 Å². The molecule has 0 fully saturated rings. The Morgan fingerprint density at radius 1 is 1.13 bits per heavy atom. The van der Waals surface area contributed by atoms with Crippen LogP contribution < -0.4 is 5.73 Å². The summed E-state index contributed by atoms with van der Waals surface area (Å²) in [4.78, 5) is 10.5. The largest absolute Gasteiger partial charge is 0.393 e. The van der Waals surface area contributed by atoms with Crippen LogP contribution in [0.25, 0.3) is 0 Å². The molecule has 2 N–H and O–H groups in total. The zero-order valence-electron chi connectivity index (χ0n) is 7.84. The van der Waals surface area contributed by atoms with Crippen molar-refractivity contribution in [3.05, 3.63) is 35.4 Å². The van der Waals surface area contributed by atoms with Crippen LogP contribution in [-0.4, -0.2) is 12.1 Å². The summed E-state index contributed by atoms with van der Waals surface area (Å²) in [6.07, 6.45) is -5.11. The number of rotatable bonds is 3. The fourth-order valence-corrected chi connectivity index (χ4v) is 1.21. The number of hydrogen-bond acceptors (Lipinski definition) is 1. The lowest BCUT2D eigenvalue weighted by molar-refractivity contribution is -0.127. The molecular weight excluding hydrogens is 207 g/mol. The first-order valence-electron chi connectivity index (χ1n) is 4.30. The van der Waals surface area contributed by atoms with E-state index in [0.29, 0.717) is 5.56 Å². The van der Waals surface area contributed by atoms with Crippen molar-refractivity contribution in [1.82, 2.24) is 0 Å². The zero-order valence-corrected chi connectivity index (χ0v) is 7.84. The van der Waals surface area contributed by atoms with E-state index in [2.05, 4.69) is 0 Å². The summed E-state index contributed by atoms with van der Waals surface area (Å²) < 4.78 is 35.9. The number of carbonyl (C=O) groups is 1. The van der Waals surface area contributed by atoms with Crippen LogP contribution in [0.4, 0.5) is 13.2 Å². The number of alkyl halides is 3. The van der Waals surface area contributed by atoms with Gasteiger partial charge in [-0.25, -0.2) is 0 Å². The molecule has 1 aromatic carbocycles. The maximum Gasteiger partial charge on any atom is 0.393 e. The van der Waals surface area contributed by atoms with E-state index in [-0.39, 0.29) is 12.0 Å². The summed E-state index contributed by atoms with van der Waals surface area (Å²) >= 11 is 0. The van der Waals surface area contributed by atoms with Crippen molar-refractivity contribution in [2.75, 3.05) is 0 Å². The number of hydrogen-bond donors (Lipinski definition) is 1. The minimum Gasteiger partial charge on any atom is -0.369 e. The first-order chi connectivity index (χ1) is 6.87. The van der Waals surface area contributed by atoms with Gasteiger partial charge in [0.2, 0.25) is 5.91 Å². The van der Waals surface area contributed by atoms with E-state index in [0.717, 1.165) is 0 Å². The van der Waals surface area contributed by atoms with E-state index in [9.17, 15) is 18.0 Å². The third-order valence-corrected chi connectivity index (χ3v) is 1.81. The van der Waals surface area contributed by atoms with Crippen molar-refractivity contribution < 1.29 is 18.0 Å². The fourth-order valence-electron chi connectivity index (χ4n) is 1.21. The summed E-state index contributed by atoms with van der Waals surface area (Å²) in [6, 6.07) is 5.66. The molecule has 1 amide bonds. The molecule has 5 heteroatoms. The molecule has 0 aliphatic heterocycles. The van der Waals surface area contributed by atoms with E-state index in [1.807, 2.05) is 0 Å². The van der Waals surface area contributed by atoms with E-state index in [1.54, 1.807) is 0 Å². The van der Waals surface area contributed by atoms with Crippen molar-refractivity contribution in [3.8, 4) is 0 Å². The van der Waals surface area contributed by atoms with E-state index in [1.165, 1.54) is 24.3 Å². The van der Waals surface area contributed by atoms with Gasteiger partial charge < -0.3 is 5.73 Å². The van der Waals surface area contributed by atoms with Gasteiger partial charge in [0.05, 0.1) is 12.8 Å². The van der Waals surface area contributed by atoms with Crippen LogP contribution in [0, 0.1) is 0 Å². The van der Waals surface area contributed by atoms with Crippen LogP contribution in [-0.2, 0) is 17.6 Å². The average molecular weight is 217 g/mol. The number of benzene rings is 1. The number of amides is 1. The Hall–Kier alpha value is -1.52. The van der Waals surface area contributed by atoms with Crippen LogP contribution in [0.1, 0.15) is 11.1 Å². The lowest BCUT2D eigenvalue weighted by Gasteiger charge is -2.06. The Morgan fingerprint density at radius 3 is 2.00 bits per heavy atom. The van der Waals surface area contributed by atoms with Crippen LogP contribution in [0.3, 0.4) is 0 Å². The molecule has 2 nitrogen and oxygen atoms in total. The van der Waals surface area contributed by atoms with Crippen molar-refractivity contribution in [2.45, 2.75) is 19.0 Å². The highest BCUT2D eigenvalue weighted by molar-refractivity contribution is 5.76. The molecule has 0 bridgehead atoms. The molecule has 0 aromatic heterocycles. The highest BCUT2D eigenvalue weighted by Gasteiger charge is 2.27. The summed E-state index contributed by atoms with van der Waals surface area (Å²) in [5.41, 5.74) is 5.74. The van der Waals surface area contributed by atoms with Crippen LogP contribution >= 0.6 is 0 Å². The van der Waals surface area contributed by atoms with Gasteiger partial charge in [-0.2, -0.15) is 13.2 Å². The standard InChI is InChI=1S/C10H10F3NO/c11-10(12,13)6-8-3-1-7(2-4-8)5-9(14)15/h1-4H,5-6H2,(H2,14,15). The molecule has 1 rings (SSSR count). The van der Waals surface area contributed by atoms with Gasteiger partial charge >= 0.3 is 6.18 Å². The second-order valence-electron chi connectivity index (χ2n) is 3.25. The topological polar surface area (TPSA) is 43.1 Å². The van der Waals surface area contributed by atoms with E-state index in [4.69, 9.17) is 5.73 Å². The van der Waals surface area contributed by atoms with Gasteiger partial charge in [0.15, 0.2) is 0 Å². The quantitative estimate of drug-likeness (QED) is 0.824. The first-order valence-corrected chi connectivity index (χ1v) is 4.30. The van der Waals surface area contributed by atoms with E-state index < -0.39 is 18.5 Å². The lowest BCUT2D eigenvalue weighted by Crippen LogP contribution is -2.14. The number of primary amides is 1. The molecule has 0 saturated carbocycles. The third-order valence-electron chi connectivity index (χ3n) is 1.81. The Labute approximate surface area is 84.9 Å². The molecule has 82 valence electrons. The van der Waals surface area contributed by atoms with Gasteiger partial charge in [-0.15, -0.1) is 0 Å². The van der Waals surface area contributed by atoms with Crippen LogP contribution in [0.15, 0.2) is 24.3 Å². The van der Waals surface area contributed by atoms with Gasteiger partial charge in [-0.05, 0) is 11.1 Å². The maximum absolute atomic E-state index is 12.0. The Morgan fingerprint density at radius 2 is 1.60 bits per heavy atom. The summed E-state index contributed by atoms with van der Waals surface area (Å²) in [5, 5.41) is 0. The predicted molar refractivity (Wildman–Crippen MR) is 49.1 cm³/mol. The Bertz CT molecular complexity index is 343. The number of nitrogens with two attached hydrogens (primary N) is 1. The molecule has 15 heavy (non-hydrogen) atoms. The number of carbonyl (C=O) groups excluding carboxylic acids is 1. The van der Waals surface area contributed by atoms with Crippen molar-refractivity contribution in [2.24, 2.45) is 5.73 Å². The summed E-state index contributed by atoms with van der Waals surface area (Å²) in [7, 11) is 0. The smallest absolute Gasteiger partial charge is 0.369 e. The number of halogens is 3. The van der Waals surface area contributed by atoms with Crippen molar-refractivity contribution in [1.29, 1.82) is 0 Å². The molecule has 1 aromatic rings. The molecule has 0 aliphatic rings. The van der Waals surface area contributed by atoms with Gasteiger partial charge in [0.25, 0.3) is 0 Å². The Kier molecular flexibility index (Phi) is 3.34. The monoisotopic (exact) mass is 217 g/mol. The van der Waals surface area contributed by atoms with Crippen molar-refractivity contribution in [3.63, 3.8) is 0 Å². The second kappa shape index (κ2) is 4.33. The second-order valence-corrected chi connectivity index (χ2v) is 3.25. The molecule has 0 aliphatic carbocycles. The van der Waals surface area contributed by atoms with Crippen LogP contribution in [0.2, 0.25) is 0 Å². The molecule has 0 saturated heterocycles. The van der Waals surface area contributed by atoms with Gasteiger partial charge in [0.1, 0.15) is 0 Å². The molecule has 0 radical (unpaired) electrons. The first kappa shape index (κ1) is 11.6. The minimum absolute atomic E-state index is 0.0479.